The maximum atomic E-state index is 11.7. The second-order valence-corrected chi connectivity index (χ2v) is 5.49. The van der Waals surface area contributed by atoms with Crippen molar-refractivity contribution >= 4 is 5.91 Å². The lowest BCUT2D eigenvalue weighted by atomic mass is 10.1. The molecular formula is C13H25N3O2. The minimum atomic E-state index is 0.143. The van der Waals surface area contributed by atoms with Gasteiger partial charge < -0.3 is 20.3 Å². The van der Waals surface area contributed by atoms with E-state index in [0.29, 0.717) is 13.0 Å². The first-order chi connectivity index (χ1) is 8.74. The van der Waals surface area contributed by atoms with Gasteiger partial charge >= 0.3 is 0 Å². The summed E-state index contributed by atoms with van der Waals surface area (Å²) in [6.07, 6.45) is 2.90. The van der Waals surface area contributed by atoms with Gasteiger partial charge in [-0.05, 0) is 32.4 Å². The van der Waals surface area contributed by atoms with Crippen molar-refractivity contribution in [3.63, 3.8) is 0 Å². The van der Waals surface area contributed by atoms with Gasteiger partial charge in [-0.2, -0.15) is 0 Å². The number of carbonyl (C=O) groups is 1. The standard InChI is InChI=1S/C13H25N3O2/c1-16-6-3-11(9-16)2-4-15-13(17)8-12-10-18-7-5-14-12/h11-12,14H,2-10H2,1H3,(H,15,17). The second-order valence-electron chi connectivity index (χ2n) is 5.49. The van der Waals surface area contributed by atoms with Crippen molar-refractivity contribution < 1.29 is 9.53 Å². The minimum Gasteiger partial charge on any atom is -0.378 e. The van der Waals surface area contributed by atoms with E-state index in [9.17, 15) is 4.79 Å². The third-order valence-corrected chi connectivity index (χ3v) is 3.79. The van der Waals surface area contributed by atoms with Crippen LogP contribution in [0.4, 0.5) is 0 Å². The molecule has 0 bridgehead atoms. The number of hydrogen-bond donors (Lipinski definition) is 2. The van der Waals surface area contributed by atoms with Crippen LogP contribution in [0.3, 0.4) is 0 Å². The molecule has 2 aliphatic rings. The average molecular weight is 255 g/mol. The molecule has 104 valence electrons. The predicted molar refractivity (Wildman–Crippen MR) is 70.5 cm³/mol. The Bertz CT molecular complexity index is 267. The Morgan fingerprint density at radius 2 is 2.44 bits per heavy atom. The summed E-state index contributed by atoms with van der Waals surface area (Å²) in [5.41, 5.74) is 0. The van der Waals surface area contributed by atoms with Gasteiger partial charge in [0, 0.05) is 32.1 Å². The molecule has 2 rings (SSSR count). The third-order valence-electron chi connectivity index (χ3n) is 3.79. The van der Waals surface area contributed by atoms with E-state index in [1.54, 1.807) is 0 Å². The van der Waals surface area contributed by atoms with Gasteiger partial charge in [-0.1, -0.05) is 0 Å². The molecule has 0 spiro atoms. The Kier molecular flexibility index (Phi) is 5.41. The largest absolute Gasteiger partial charge is 0.378 e. The molecular weight excluding hydrogens is 230 g/mol. The zero-order chi connectivity index (χ0) is 12.8. The summed E-state index contributed by atoms with van der Waals surface area (Å²) < 4.78 is 5.33. The lowest BCUT2D eigenvalue weighted by Crippen LogP contribution is -2.44. The van der Waals surface area contributed by atoms with E-state index in [-0.39, 0.29) is 11.9 Å². The lowest BCUT2D eigenvalue weighted by Gasteiger charge is -2.23. The van der Waals surface area contributed by atoms with Gasteiger partial charge in [0.1, 0.15) is 0 Å². The number of morpholine rings is 1. The maximum Gasteiger partial charge on any atom is 0.221 e. The Morgan fingerprint density at radius 3 is 3.11 bits per heavy atom. The number of rotatable bonds is 5. The van der Waals surface area contributed by atoms with Crippen LogP contribution >= 0.6 is 0 Å². The third kappa shape index (κ3) is 4.55. The van der Waals surface area contributed by atoms with E-state index in [0.717, 1.165) is 32.0 Å². The van der Waals surface area contributed by atoms with Crippen molar-refractivity contribution in [3.05, 3.63) is 0 Å². The minimum absolute atomic E-state index is 0.143. The number of amides is 1. The van der Waals surface area contributed by atoms with E-state index in [4.69, 9.17) is 4.74 Å². The normalized spacial score (nSPS) is 29.4. The molecule has 0 aromatic carbocycles. The second kappa shape index (κ2) is 7.07. The number of hydrogen-bond acceptors (Lipinski definition) is 4. The number of carbonyl (C=O) groups excluding carboxylic acids is 1. The molecule has 1 amide bonds. The van der Waals surface area contributed by atoms with Crippen LogP contribution in [-0.2, 0) is 9.53 Å². The molecule has 2 aliphatic heterocycles. The number of ether oxygens (including phenoxy) is 1. The lowest BCUT2D eigenvalue weighted by molar-refractivity contribution is -0.122. The van der Waals surface area contributed by atoms with E-state index < -0.39 is 0 Å². The topological polar surface area (TPSA) is 53.6 Å². The zero-order valence-electron chi connectivity index (χ0n) is 11.3. The van der Waals surface area contributed by atoms with Crippen LogP contribution in [0.2, 0.25) is 0 Å². The molecule has 2 saturated heterocycles. The molecule has 0 saturated carbocycles. The van der Waals surface area contributed by atoms with Crippen LogP contribution in [0.5, 0.6) is 0 Å². The first kappa shape index (κ1) is 13.8. The molecule has 0 aromatic heterocycles. The summed E-state index contributed by atoms with van der Waals surface area (Å²) in [6, 6.07) is 0.191. The van der Waals surface area contributed by atoms with E-state index in [2.05, 4.69) is 22.6 Å². The van der Waals surface area contributed by atoms with Crippen LogP contribution in [0.25, 0.3) is 0 Å². The van der Waals surface area contributed by atoms with Crippen molar-refractivity contribution in [1.29, 1.82) is 0 Å². The van der Waals surface area contributed by atoms with Gasteiger partial charge in [0.15, 0.2) is 0 Å². The molecule has 2 atom stereocenters. The first-order valence-corrected chi connectivity index (χ1v) is 7.00. The fraction of sp³-hybridized carbons (Fsp3) is 0.923. The van der Waals surface area contributed by atoms with E-state index >= 15 is 0 Å². The summed E-state index contributed by atoms with van der Waals surface area (Å²) in [5.74, 6) is 0.899. The van der Waals surface area contributed by atoms with Gasteiger partial charge in [0.05, 0.1) is 13.2 Å². The smallest absolute Gasteiger partial charge is 0.221 e. The quantitative estimate of drug-likeness (QED) is 0.716. The number of likely N-dealkylation sites (tertiary alicyclic amines) is 1. The van der Waals surface area contributed by atoms with E-state index in [1.807, 2.05) is 0 Å². The Labute approximate surface area is 109 Å². The molecule has 18 heavy (non-hydrogen) atoms. The summed E-state index contributed by atoms with van der Waals surface area (Å²) >= 11 is 0. The SMILES string of the molecule is CN1CCC(CCNC(=O)CC2COCCN2)C1. The molecule has 5 heteroatoms. The molecule has 2 heterocycles. The van der Waals surface area contributed by atoms with Crippen LogP contribution in [0.15, 0.2) is 0 Å². The van der Waals surface area contributed by atoms with Crippen LogP contribution in [0, 0.1) is 5.92 Å². The van der Waals surface area contributed by atoms with Crippen LogP contribution in [-0.4, -0.2) is 63.3 Å². The highest BCUT2D eigenvalue weighted by Gasteiger charge is 2.20. The molecule has 0 aliphatic carbocycles. The van der Waals surface area contributed by atoms with Crippen molar-refractivity contribution in [3.8, 4) is 0 Å². The van der Waals surface area contributed by atoms with E-state index in [1.165, 1.54) is 19.5 Å². The highest BCUT2D eigenvalue weighted by molar-refractivity contribution is 5.76. The van der Waals surface area contributed by atoms with Crippen LogP contribution in [0.1, 0.15) is 19.3 Å². The molecule has 5 nitrogen and oxygen atoms in total. The van der Waals surface area contributed by atoms with Gasteiger partial charge in [-0.3, -0.25) is 4.79 Å². The maximum absolute atomic E-state index is 11.7. The van der Waals surface area contributed by atoms with Crippen molar-refractivity contribution in [2.45, 2.75) is 25.3 Å². The van der Waals surface area contributed by atoms with Crippen LogP contribution < -0.4 is 10.6 Å². The Hall–Kier alpha value is -0.650. The summed E-state index contributed by atoms with van der Waals surface area (Å²) in [6.45, 7) is 5.45. The first-order valence-electron chi connectivity index (χ1n) is 7.00. The fourth-order valence-electron chi connectivity index (χ4n) is 2.72. The zero-order valence-corrected chi connectivity index (χ0v) is 11.3. The Morgan fingerprint density at radius 1 is 1.56 bits per heavy atom. The monoisotopic (exact) mass is 255 g/mol. The highest BCUT2D eigenvalue weighted by Crippen LogP contribution is 2.16. The van der Waals surface area contributed by atoms with Gasteiger partial charge in [-0.15, -0.1) is 0 Å². The summed E-state index contributed by atoms with van der Waals surface area (Å²) in [5, 5.41) is 6.31. The average Bonchev–Trinajstić information content (AvgIpc) is 2.76. The van der Waals surface area contributed by atoms with Crippen molar-refractivity contribution in [1.82, 2.24) is 15.5 Å². The van der Waals surface area contributed by atoms with Crippen molar-refractivity contribution in [2.75, 3.05) is 46.4 Å². The predicted octanol–water partition coefficient (Wildman–Crippen LogP) is -0.177. The molecule has 0 aromatic rings. The van der Waals surface area contributed by atoms with Gasteiger partial charge in [0.25, 0.3) is 0 Å². The number of nitrogens with one attached hydrogen (secondary N) is 2. The molecule has 2 fully saturated rings. The van der Waals surface area contributed by atoms with Crippen molar-refractivity contribution in [2.24, 2.45) is 5.92 Å². The number of nitrogens with zero attached hydrogens (tertiary/aromatic N) is 1. The summed E-state index contributed by atoms with van der Waals surface area (Å²) in [7, 11) is 2.16. The Balaban J connectivity index is 1.54. The molecule has 2 N–H and O–H groups in total. The molecule has 0 radical (unpaired) electrons. The van der Waals surface area contributed by atoms with Gasteiger partial charge in [0.2, 0.25) is 5.91 Å². The summed E-state index contributed by atoms with van der Waals surface area (Å²) in [4.78, 5) is 14.1. The highest BCUT2D eigenvalue weighted by atomic mass is 16.5. The fourth-order valence-corrected chi connectivity index (χ4v) is 2.72. The van der Waals surface area contributed by atoms with Gasteiger partial charge in [-0.25, -0.2) is 0 Å². The molecule has 2 unspecified atom stereocenters.